The van der Waals surface area contributed by atoms with E-state index in [4.69, 9.17) is 11.6 Å². The summed E-state index contributed by atoms with van der Waals surface area (Å²) in [6, 6.07) is 12.1. The van der Waals surface area contributed by atoms with Crippen LogP contribution in [0.25, 0.3) is 0 Å². The lowest BCUT2D eigenvalue weighted by molar-refractivity contribution is 0.102. The van der Waals surface area contributed by atoms with Crippen molar-refractivity contribution in [1.82, 2.24) is 0 Å². The van der Waals surface area contributed by atoms with Crippen LogP contribution in [0.4, 0.5) is 0 Å². The van der Waals surface area contributed by atoms with Crippen molar-refractivity contribution >= 4 is 37.1 Å². The maximum atomic E-state index is 13.5. The van der Waals surface area contributed by atoms with Crippen LogP contribution < -0.4 is 0 Å². The molecular weight excluding hydrogens is 444 g/mol. The number of hydrogen-bond acceptors (Lipinski definition) is 5. The van der Waals surface area contributed by atoms with Gasteiger partial charge in [-0.2, -0.15) is 0 Å². The second-order valence-corrected chi connectivity index (χ2v) is 12.3. The molecule has 0 aromatic heterocycles. The SMILES string of the molecule is CS(=O)(=O)c1ccc(C(=O)C2=C(S(=O)(=O)c3ccccc3)C3CCC(C2)C3)c(Cl)c1. The van der Waals surface area contributed by atoms with Crippen molar-refractivity contribution in [1.29, 1.82) is 0 Å². The number of benzene rings is 2. The Morgan fingerprint density at radius 1 is 0.967 bits per heavy atom. The van der Waals surface area contributed by atoms with E-state index in [1.165, 1.54) is 18.2 Å². The monoisotopic (exact) mass is 464 g/mol. The Morgan fingerprint density at radius 3 is 2.30 bits per heavy atom. The molecule has 30 heavy (non-hydrogen) atoms. The number of allylic oxidation sites excluding steroid dienone is 2. The quantitative estimate of drug-likeness (QED) is 0.609. The predicted molar refractivity (Wildman–Crippen MR) is 115 cm³/mol. The van der Waals surface area contributed by atoms with Gasteiger partial charge in [0.15, 0.2) is 15.6 Å². The number of carbonyl (C=O) groups excluding carboxylic acids is 1. The molecule has 1 fully saturated rings. The Labute approximate surface area is 181 Å². The number of fused-ring (bicyclic) bond motifs is 2. The number of Topliss-reactive ketones (excluding diaryl/α,β-unsaturated/α-hetero) is 1. The van der Waals surface area contributed by atoms with E-state index in [-0.39, 0.29) is 42.7 Å². The molecule has 0 N–H and O–H groups in total. The molecular formula is C22H21ClO5S2. The highest BCUT2D eigenvalue weighted by molar-refractivity contribution is 7.95. The van der Waals surface area contributed by atoms with E-state index in [0.717, 1.165) is 25.5 Å². The molecule has 5 nitrogen and oxygen atoms in total. The first-order chi connectivity index (χ1) is 14.1. The highest BCUT2D eigenvalue weighted by atomic mass is 35.5. The lowest BCUT2D eigenvalue weighted by Gasteiger charge is -2.26. The van der Waals surface area contributed by atoms with Gasteiger partial charge in [-0.25, -0.2) is 16.8 Å². The smallest absolute Gasteiger partial charge is 0.203 e. The molecule has 0 radical (unpaired) electrons. The normalized spacial score (nSPS) is 21.7. The van der Waals surface area contributed by atoms with Crippen LogP contribution >= 0.6 is 11.6 Å². The lowest BCUT2D eigenvalue weighted by atomic mass is 9.85. The summed E-state index contributed by atoms with van der Waals surface area (Å²) in [6.07, 6.45) is 3.84. The summed E-state index contributed by atoms with van der Waals surface area (Å²) in [6.45, 7) is 0. The minimum absolute atomic E-state index is 0.00445. The summed E-state index contributed by atoms with van der Waals surface area (Å²) in [4.78, 5) is 13.8. The average Bonchev–Trinajstić information content (AvgIpc) is 3.07. The van der Waals surface area contributed by atoms with Gasteiger partial charge >= 0.3 is 0 Å². The largest absolute Gasteiger partial charge is 0.289 e. The van der Waals surface area contributed by atoms with Gasteiger partial charge in [-0.3, -0.25) is 4.79 Å². The van der Waals surface area contributed by atoms with Crippen LogP contribution in [-0.4, -0.2) is 28.9 Å². The van der Waals surface area contributed by atoms with E-state index >= 15 is 0 Å². The highest BCUT2D eigenvalue weighted by Gasteiger charge is 2.43. The minimum Gasteiger partial charge on any atom is -0.289 e. The molecule has 2 bridgehead atoms. The summed E-state index contributed by atoms with van der Waals surface area (Å²) in [5.74, 6) is -0.342. The molecule has 2 aliphatic rings. The second kappa shape index (κ2) is 7.62. The molecule has 0 saturated heterocycles. The predicted octanol–water partition coefficient (Wildman–Crippen LogP) is 4.47. The molecule has 1 saturated carbocycles. The Balaban J connectivity index is 1.86. The fraction of sp³-hybridized carbons (Fsp3) is 0.318. The molecule has 2 atom stereocenters. The van der Waals surface area contributed by atoms with E-state index in [9.17, 15) is 21.6 Å². The lowest BCUT2D eigenvalue weighted by Crippen LogP contribution is -2.23. The Hall–Kier alpha value is -1.96. The van der Waals surface area contributed by atoms with Crippen LogP contribution in [-0.2, 0) is 19.7 Å². The van der Waals surface area contributed by atoms with E-state index in [0.29, 0.717) is 6.42 Å². The van der Waals surface area contributed by atoms with Gasteiger partial charge in [-0.15, -0.1) is 0 Å². The van der Waals surface area contributed by atoms with Crippen LogP contribution in [0.5, 0.6) is 0 Å². The maximum Gasteiger partial charge on any atom is 0.203 e. The molecule has 0 amide bonds. The van der Waals surface area contributed by atoms with Gasteiger partial charge in [0.25, 0.3) is 0 Å². The third kappa shape index (κ3) is 3.74. The van der Waals surface area contributed by atoms with Crippen molar-refractivity contribution in [2.24, 2.45) is 11.8 Å². The molecule has 8 heteroatoms. The van der Waals surface area contributed by atoms with Gasteiger partial charge in [0, 0.05) is 17.4 Å². The van der Waals surface area contributed by atoms with Crippen LogP contribution in [0.1, 0.15) is 36.0 Å². The Morgan fingerprint density at radius 2 is 1.67 bits per heavy atom. The summed E-state index contributed by atoms with van der Waals surface area (Å²) < 4.78 is 50.5. The van der Waals surface area contributed by atoms with Crippen LogP contribution in [0.2, 0.25) is 5.02 Å². The first kappa shape index (κ1) is 21.3. The zero-order chi connectivity index (χ0) is 21.7. The fourth-order valence-corrected chi connectivity index (χ4v) is 7.42. The van der Waals surface area contributed by atoms with Gasteiger partial charge in [-0.1, -0.05) is 29.8 Å². The number of halogens is 1. The van der Waals surface area contributed by atoms with Gasteiger partial charge in [-0.05, 0) is 67.9 Å². The van der Waals surface area contributed by atoms with E-state index in [1.807, 2.05) is 0 Å². The van der Waals surface area contributed by atoms with Crippen molar-refractivity contribution in [3.05, 3.63) is 69.6 Å². The Kier molecular flexibility index (Phi) is 5.41. The summed E-state index contributed by atoms with van der Waals surface area (Å²) >= 11 is 6.26. The number of rotatable bonds is 5. The zero-order valence-electron chi connectivity index (χ0n) is 16.3. The second-order valence-electron chi connectivity index (χ2n) is 7.98. The molecule has 2 aromatic carbocycles. The molecule has 0 spiro atoms. The number of ketones is 1. The highest BCUT2D eigenvalue weighted by Crippen LogP contribution is 2.49. The fourth-order valence-electron chi connectivity index (χ4n) is 4.52. The van der Waals surface area contributed by atoms with Crippen molar-refractivity contribution in [2.45, 2.75) is 35.5 Å². The molecule has 0 aliphatic heterocycles. The maximum absolute atomic E-state index is 13.5. The standard InChI is InChI=1S/C22H21ClO5S2/c1-29(25,26)17-9-10-18(20(23)13-17)21(24)19-12-14-7-8-15(11-14)22(19)30(27,28)16-5-3-2-4-6-16/h2-6,9-10,13-15H,7-8,11-12H2,1H3. The molecule has 0 heterocycles. The summed E-state index contributed by atoms with van der Waals surface area (Å²) in [5.41, 5.74) is 0.410. The number of sulfone groups is 2. The Bertz CT molecular complexity index is 1260. The first-order valence-electron chi connectivity index (χ1n) is 9.66. The van der Waals surface area contributed by atoms with E-state index in [1.54, 1.807) is 30.3 Å². The van der Waals surface area contributed by atoms with Crippen LogP contribution in [0.3, 0.4) is 0 Å². The summed E-state index contributed by atoms with van der Waals surface area (Å²) in [5, 5.41) is 0.00445. The van der Waals surface area contributed by atoms with Crippen molar-refractivity contribution in [3.63, 3.8) is 0 Å². The van der Waals surface area contributed by atoms with Crippen molar-refractivity contribution < 1.29 is 21.6 Å². The molecule has 4 rings (SSSR count). The van der Waals surface area contributed by atoms with Crippen LogP contribution in [0, 0.1) is 11.8 Å². The third-order valence-corrected chi connectivity index (χ3v) is 9.41. The van der Waals surface area contributed by atoms with Gasteiger partial charge in [0.1, 0.15) is 0 Å². The zero-order valence-corrected chi connectivity index (χ0v) is 18.7. The molecule has 158 valence electrons. The van der Waals surface area contributed by atoms with E-state index < -0.39 is 25.5 Å². The van der Waals surface area contributed by atoms with Crippen molar-refractivity contribution in [2.75, 3.05) is 6.26 Å². The van der Waals surface area contributed by atoms with E-state index in [2.05, 4.69) is 0 Å². The number of hydrogen-bond donors (Lipinski definition) is 0. The molecule has 2 aromatic rings. The molecule has 2 unspecified atom stereocenters. The topological polar surface area (TPSA) is 85.3 Å². The third-order valence-electron chi connectivity index (χ3n) is 5.93. The van der Waals surface area contributed by atoms with Gasteiger partial charge in [0.2, 0.25) is 9.84 Å². The first-order valence-corrected chi connectivity index (χ1v) is 13.4. The summed E-state index contributed by atoms with van der Waals surface area (Å²) in [7, 11) is -7.30. The number of carbonyl (C=O) groups is 1. The van der Waals surface area contributed by atoms with Gasteiger partial charge < -0.3 is 0 Å². The van der Waals surface area contributed by atoms with Gasteiger partial charge in [0.05, 0.1) is 19.7 Å². The molecule has 2 aliphatic carbocycles. The van der Waals surface area contributed by atoms with Crippen LogP contribution in [0.15, 0.2) is 68.8 Å². The van der Waals surface area contributed by atoms with Crippen molar-refractivity contribution in [3.8, 4) is 0 Å². The minimum atomic E-state index is -3.82. The average molecular weight is 465 g/mol.